The van der Waals surface area contributed by atoms with Crippen molar-refractivity contribution in [3.8, 4) is 0 Å². The highest BCUT2D eigenvalue weighted by molar-refractivity contribution is 5.76. The van der Waals surface area contributed by atoms with E-state index >= 15 is 0 Å². The van der Waals surface area contributed by atoms with Crippen LogP contribution in [0.5, 0.6) is 0 Å². The Morgan fingerprint density at radius 2 is 0.583 bits per heavy atom. The minimum Gasteiger partial charge on any atom is -0.394 e. The predicted molar refractivity (Wildman–Crippen MR) is 322 cm³/mol. The van der Waals surface area contributed by atoms with Gasteiger partial charge >= 0.3 is 0 Å². The van der Waals surface area contributed by atoms with Crippen LogP contribution in [0.25, 0.3) is 0 Å². The quantitative estimate of drug-likeness (QED) is 0.0420. The number of nitrogens with one attached hydrogen (secondary N) is 1. The van der Waals surface area contributed by atoms with Crippen LogP contribution in [0, 0.1) is 0 Å². The van der Waals surface area contributed by atoms with Gasteiger partial charge in [-0.05, 0) is 77.0 Å². The molecule has 4 nitrogen and oxygen atoms in total. The third-order valence-electron chi connectivity index (χ3n) is 15.0. The maximum absolute atomic E-state index is 12.5. The molecule has 0 saturated heterocycles. The van der Waals surface area contributed by atoms with Crippen LogP contribution in [0.4, 0.5) is 0 Å². The Balaban J connectivity index is 3.48. The number of carbonyl (C=O) groups excluding carboxylic acids is 1. The lowest BCUT2D eigenvalue weighted by Crippen LogP contribution is -2.45. The van der Waals surface area contributed by atoms with Crippen molar-refractivity contribution in [3.63, 3.8) is 0 Å². The number of carbonyl (C=O) groups is 1. The topological polar surface area (TPSA) is 69.6 Å². The van der Waals surface area contributed by atoms with Crippen molar-refractivity contribution in [2.24, 2.45) is 0 Å². The van der Waals surface area contributed by atoms with E-state index in [2.05, 4.69) is 67.8 Å². The lowest BCUT2D eigenvalue weighted by molar-refractivity contribution is -0.123. The summed E-state index contributed by atoms with van der Waals surface area (Å²) in [6.45, 7) is 4.32. The van der Waals surface area contributed by atoms with E-state index < -0.39 is 12.1 Å². The molecule has 0 rings (SSSR count). The van der Waals surface area contributed by atoms with E-state index in [1.807, 2.05) is 6.08 Å². The molecule has 0 aromatic heterocycles. The number of allylic oxidation sites excluding steroid dienone is 9. The number of hydrogen-bond donors (Lipinski definition) is 3. The average Bonchev–Trinajstić information content (AvgIpc) is 3.39. The van der Waals surface area contributed by atoms with E-state index in [0.29, 0.717) is 6.42 Å². The van der Waals surface area contributed by atoms with E-state index in [1.165, 1.54) is 283 Å². The zero-order valence-corrected chi connectivity index (χ0v) is 48.7. The second kappa shape index (κ2) is 63.4. The SMILES string of the molecule is CCCCCCC/C=C\C/C=C\CCCCCCCCCCCCCCCCCCCCCCCCCC(=O)NC(CO)C(O)/C=C/CC/C=C/CC/C=C/CCCCCCCCCCCCCCCCC. The summed E-state index contributed by atoms with van der Waals surface area (Å²) in [4.78, 5) is 12.5. The summed E-state index contributed by atoms with van der Waals surface area (Å²) in [7, 11) is 0. The minimum absolute atomic E-state index is 0.0725. The molecule has 0 bridgehead atoms. The Labute approximate surface area is 451 Å². The lowest BCUT2D eigenvalue weighted by Gasteiger charge is -2.19. The fourth-order valence-corrected chi connectivity index (χ4v) is 10.0. The fourth-order valence-electron chi connectivity index (χ4n) is 10.0. The van der Waals surface area contributed by atoms with E-state index in [4.69, 9.17) is 0 Å². The zero-order chi connectivity index (χ0) is 52.0. The van der Waals surface area contributed by atoms with Crippen molar-refractivity contribution >= 4 is 5.91 Å². The average molecular weight is 1010 g/mol. The van der Waals surface area contributed by atoms with Crippen molar-refractivity contribution < 1.29 is 15.0 Å². The Bertz CT molecular complexity index is 1190. The smallest absolute Gasteiger partial charge is 0.220 e. The van der Waals surface area contributed by atoms with Gasteiger partial charge < -0.3 is 15.5 Å². The molecule has 0 saturated carbocycles. The van der Waals surface area contributed by atoms with Crippen LogP contribution in [-0.4, -0.2) is 34.9 Å². The number of amides is 1. The molecular weight excluding hydrogens is 879 g/mol. The molecule has 0 radical (unpaired) electrons. The van der Waals surface area contributed by atoms with Crippen LogP contribution < -0.4 is 5.32 Å². The highest BCUT2D eigenvalue weighted by Gasteiger charge is 2.18. The van der Waals surface area contributed by atoms with Crippen molar-refractivity contribution in [3.05, 3.63) is 60.8 Å². The molecular formula is C68H127NO3. The first-order chi connectivity index (χ1) is 35.7. The third kappa shape index (κ3) is 59.0. The molecule has 0 aromatic carbocycles. The number of aliphatic hydroxyl groups excluding tert-OH is 2. The van der Waals surface area contributed by atoms with Gasteiger partial charge in [-0.15, -0.1) is 0 Å². The number of aliphatic hydroxyl groups is 2. The van der Waals surface area contributed by atoms with E-state index in [9.17, 15) is 15.0 Å². The van der Waals surface area contributed by atoms with Crippen LogP contribution in [0.1, 0.15) is 348 Å². The molecule has 0 aliphatic heterocycles. The molecule has 422 valence electrons. The largest absolute Gasteiger partial charge is 0.394 e. The molecule has 0 aliphatic rings. The molecule has 0 heterocycles. The first-order valence-electron chi connectivity index (χ1n) is 32.5. The van der Waals surface area contributed by atoms with Gasteiger partial charge in [0.2, 0.25) is 5.91 Å². The number of unbranched alkanes of at least 4 members (excludes halogenated alkanes) is 45. The van der Waals surface area contributed by atoms with Crippen LogP contribution in [0.15, 0.2) is 60.8 Å². The predicted octanol–water partition coefficient (Wildman–Crippen LogP) is 21.9. The molecule has 4 heteroatoms. The Kier molecular flexibility index (Phi) is 61.7. The van der Waals surface area contributed by atoms with Gasteiger partial charge in [-0.2, -0.15) is 0 Å². The van der Waals surface area contributed by atoms with Crippen LogP contribution in [0.2, 0.25) is 0 Å². The van der Waals surface area contributed by atoms with E-state index in [0.717, 1.165) is 44.9 Å². The van der Waals surface area contributed by atoms with Crippen molar-refractivity contribution in [1.82, 2.24) is 5.32 Å². The zero-order valence-electron chi connectivity index (χ0n) is 48.7. The van der Waals surface area contributed by atoms with Gasteiger partial charge in [-0.1, -0.05) is 325 Å². The standard InChI is InChI=1S/C68H127NO3/c1-3-5-7-9-11-13-15-17-19-21-23-25-27-29-30-31-32-33-34-35-36-37-38-40-42-44-46-48-50-52-54-56-58-60-62-64-68(72)69-66(65-70)67(71)63-61-59-57-55-53-51-49-47-45-43-41-39-28-26-24-22-20-18-16-14-12-10-8-6-4-2/h15,17,21,23,45,47,53,55,61,63,66-67,70-71H,3-14,16,18-20,22,24-44,46,48-52,54,56-60,62,64-65H2,1-2H3,(H,69,72)/b17-15-,23-21-,47-45+,55-53+,63-61+. The highest BCUT2D eigenvalue weighted by Crippen LogP contribution is 2.18. The van der Waals surface area contributed by atoms with Gasteiger partial charge in [-0.3, -0.25) is 4.79 Å². The van der Waals surface area contributed by atoms with Gasteiger partial charge in [0.05, 0.1) is 18.8 Å². The fraction of sp³-hybridized carbons (Fsp3) is 0.838. The summed E-state index contributed by atoms with van der Waals surface area (Å²) >= 11 is 0. The second-order valence-electron chi connectivity index (χ2n) is 22.2. The summed E-state index contributed by atoms with van der Waals surface area (Å²) in [6.07, 6.45) is 90.0. The van der Waals surface area contributed by atoms with Crippen molar-refractivity contribution in [1.29, 1.82) is 0 Å². The summed E-state index contributed by atoms with van der Waals surface area (Å²) in [5, 5.41) is 23.2. The van der Waals surface area contributed by atoms with Crippen molar-refractivity contribution in [2.45, 2.75) is 360 Å². The van der Waals surface area contributed by atoms with Crippen LogP contribution in [0.3, 0.4) is 0 Å². The molecule has 72 heavy (non-hydrogen) atoms. The molecule has 2 atom stereocenters. The molecule has 0 aromatic rings. The Morgan fingerprint density at radius 1 is 0.333 bits per heavy atom. The highest BCUT2D eigenvalue weighted by atomic mass is 16.3. The first kappa shape index (κ1) is 70.1. The van der Waals surface area contributed by atoms with Crippen LogP contribution in [-0.2, 0) is 4.79 Å². The maximum atomic E-state index is 12.5. The second-order valence-corrected chi connectivity index (χ2v) is 22.2. The van der Waals surface area contributed by atoms with E-state index in [-0.39, 0.29) is 12.5 Å². The maximum Gasteiger partial charge on any atom is 0.220 e. The molecule has 0 spiro atoms. The summed E-state index contributed by atoms with van der Waals surface area (Å²) in [6, 6.07) is -0.647. The summed E-state index contributed by atoms with van der Waals surface area (Å²) < 4.78 is 0. The van der Waals surface area contributed by atoms with Gasteiger partial charge in [0.25, 0.3) is 0 Å². The molecule has 0 aliphatic carbocycles. The molecule has 0 fully saturated rings. The lowest BCUT2D eigenvalue weighted by atomic mass is 10.0. The third-order valence-corrected chi connectivity index (χ3v) is 15.0. The number of hydrogen-bond acceptors (Lipinski definition) is 3. The molecule has 2 unspecified atom stereocenters. The Morgan fingerprint density at radius 3 is 0.889 bits per heavy atom. The van der Waals surface area contributed by atoms with E-state index in [1.54, 1.807) is 6.08 Å². The van der Waals surface area contributed by atoms with Crippen LogP contribution >= 0.6 is 0 Å². The Hall–Kier alpha value is -1.91. The molecule has 1 amide bonds. The van der Waals surface area contributed by atoms with Gasteiger partial charge in [0, 0.05) is 6.42 Å². The first-order valence-corrected chi connectivity index (χ1v) is 32.5. The van der Waals surface area contributed by atoms with Gasteiger partial charge in [0.15, 0.2) is 0 Å². The molecule has 3 N–H and O–H groups in total. The van der Waals surface area contributed by atoms with Gasteiger partial charge in [0.1, 0.15) is 0 Å². The summed E-state index contributed by atoms with van der Waals surface area (Å²) in [5.74, 6) is -0.0725. The normalized spacial score (nSPS) is 13.1. The minimum atomic E-state index is -0.872. The monoisotopic (exact) mass is 1010 g/mol. The van der Waals surface area contributed by atoms with Crippen molar-refractivity contribution in [2.75, 3.05) is 6.61 Å². The van der Waals surface area contributed by atoms with Gasteiger partial charge in [-0.25, -0.2) is 0 Å². The summed E-state index contributed by atoms with van der Waals surface area (Å²) in [5.41, 5.74) is 0. The number of rotatable bonds is 60.